The van der Waals surface area contributed by atoms with Crippen LogP contribution in [0.15, 0.2) is 0 Å². The van der Waals surface area contributed by atoms with Crippen molar-refractivity contribution in [3.63, 3.8) is 0 Å². The van der Waals surface area contributed by atoms with Crippen molar-refractivity contribution >= 4 is 6.47 Å². The molecule has 1 unspecified atom stereocenters. The van der Waals surface area contributed by atoms with Gasteiger partial charge in [0.1, 0.15) is 0 Å². The molecule has 0 heterocycles. The first-order valence-corrected chi connectivity index (χ1v) is 3.08. The lowest BCUT2D eigenvalue weighted by Crippen LogP contribution is -2.41. The molecule has 10 heavy (non-hydrogen) atoms. The van der Waals surface area contributed by atoms with Crippen molar-refractivity contribution in [3.8, 4) is 0 Å². The number of nitrogens with zero attached hydrogens (tertiary/aromatic N) is 2. The van der Waals surface area contributed by atoms with Crippen molar-refractivity contribution in [2.24, 2.45) is 0 Å². The van der Waals surface area contributed by atoms with E-state index in [0.717, 1.165) is 0 Å². The Morgan fingerprint density at radius 3 is 2.20 bits per heavy atom. The summed E-state index contributed by atoms with van der Waals surface area (Å²) in [7, 11) is 5.60. The minimum absolute atomic E-state index is 0.201. The van der Waals surface area contributed by atoms with Crippen molar-refractivity contribution in [2.75, 3.05) is 21.1 Å². The van der Waals surface area contributed by atoms with E-state index in [1.807, 2.05) is 26.2 Å². The SMILES string of the molecule is CC(OC=O)N(C)N(C)C. The summed E-state index contributed by atoms with van der Waals surface area (Å²) in [5, 5.41) is 3.64. The Kier molecular flexibility index (Phi) is 3.99. The van der Waals surface area contributed by atoms with Crippen molar-refractivity contribution in [1.82, 2.24) is 10.0 Å². The Morgan fingerprint density at radius 2 is 1.90 bits per heavy atom. The maximum Gasteiger partial charge on any atom is 0.294 e. The third-order valence-electron chi connectivity index (χ3n) is 1.41. The van der Waals surface area contributed by atoms with Gasteiger partial charge in [0.2, 0.25) is 0 Å². The summed E-state index contributed by atoms with van der Waals surface area (Å²) in [4.78, 5) is 9.87. The molecule has 0 aromatic rings. The van der Waals surface area contributed by atoms with Crippen LogP contribution in [-0.4, -0.2) is 43.9 Å². The fourth-order valence-corrected chi connectivity index (χ4v) is 0.494. The lowest BCUT2D eigenvalue weighted by Gasteiger charge is -2.28. The first kappa shape index (κ1) is 9.39. The molecule has 0 rings (SSSR count). The molecule has 0 aromatic heterocycles. The summed E-state index contributed by atoms with van der Waals surface area (Å²) in [6.07, 6.45) is -0.201. The summed E-state index contributed by atoms with van der Waals surface area (Å²) < 4.78 is 4.67. The van der Waals surface area contributed by atoms with Crippen LogP contribution in [0.3, 0.4) is 0 Å². The molecule has 60 valence electrons. The lowest BCUT2D eigenvalue weighted by molar-refractivity contribution is -0.154. The van der Waals surface area contributed by atoms with Crippen LogP contribution in [0, 0.1) is 0 Å². The van der Waals surface area contributed by atoms with Crippen LogP contribution in [0.2, 0.25) is 0 Å². The van der Waals surface area contributed by atoms with Gasteiger partial charge in [-0.25, -0.2) is 10.0 Å². The van der Waals surface area contributed by atoms with Gasteiger partial charge in [-0.3, -0.25) is 4.79 Å². The highest BCUT2D eigenvalue weighted by atomic mass is 16.5. The second-order valence-electron chi connectivity index (χ2n) is 2.25. The molecular formula is C6H14N2O2. The monoisotopic (exact) mass is 146 g/mol. The average molecular weight is 146 g/mol. The summed E-state index contributed by atoms with van der Waals surface area (Å²) in [6.45, 7) is 2.25. The topological polar surface area (TPSA) is 32.8 Å². The van der Waals surface area contributed by atoms with Gasteiger partial charge in [0, 0.05) is 21.1 Å². The number of ether oxygens (including phenoxy) is 1. The molecular weight excluding hydrogens is 132 g/mol. The maximum absolute atomic E-state index is 9.87. The van der Waals surface area contributed by atoms with E-state index in [1.165, 1.54) is 0 Å². The van der Waals surface area contributed by atoms with Gasteiger partial charge in [-0.15, -0.1) is 0 Å². The number of hydrogen-bond acceptors (Lipinski definition) is 4. The number of carbonyl (C=O) groups is 1. The summed E-state index contributed by atoms with van der Waals surface area (Å²) in [6, 6.07) is 0. The molecule has 4 heteroatoms. The first-order chi connectivity index (χ1) is 4.59. The van der Waals surface area contributed by atoms with E-state index in [9.17, 15) is 4.79 Å². The summed E-state index contributed by atoms with van der Waals surface area (Å²) in [5.74, 6) is 0. The van der Waals surface area contributed by atoms with Crippen LogP contribution in [0.1, 0.15) is 6.92 Å². The fraction of sp³-hybridized carbons (Fsp3) is 0.833. The van der Waals surface area contributed by atoms with Gasteiger partial charge in [-0.2, -0.15) is 0 Å². The van der Waals surface area contributed by atoms with E-state index in [1.54, 1.807) is 11.9 Å². The standard InChI is InChI=1S/C6H14N2O2/c1-6(10-5-9)8(4)7(2)3/h5-6H,1-4H3. The Labute approximate surface area is 61.3 Å². The van der Waals surface area contributed by atoms with E-state index in [4.69, 9.17) is 0 Å². The predicted molar refractivity (Wildman–Crippen MR) is 38.1 cm³/mol. The molecule has 0 bridgehead atoms. The van der Waals surface area contributed by atoms with Crippen LogP contribution < -0.4 is 0 Å². The summed E-state index contributed by atoms with van der Waals surface area (Å²) in [5.41, 5.74) is 0. The van der Waals surface area contributed by atoms with Gasteiger partial charge in [-0.05, 0) is 6.92 Å². The highest BCUT2D eigenvalue weighted by molar-refractivity contribution is 5.37. The minimum Gasteiger partial charge on any atom is -0.448 e. The van der Waals surface area contributed by atoms with Gasteiger partial charge in [0.05, 0.1) is 0 Å². The predicted octanol–water partition coefficient (Wildman–Crippen LogP) is -0.0862. The van der Waals surface area contributed by atoms with Gasteiger partial charge < -0.3 is 4.74 Å². The smallest absolute Gasteiger partial charge is 0.294 e. The van der Waals surface area contributed by atoms with E-state index in [0.29, 0.717) is 6.47 Å². The highest BCUT2D eigenvalue weighted by Gasteiger charge is 2.09. The van der Waals surface area contributed by atoms with Gasteiger partial charge in [0.25, 0.3) is 6.47 Å². The third kappa shape index (κ3) is 2.80. The molecule has 0 aliphatic carbocycles. The normalized spacial score (nSPS) is 13.8. The molecule has 0 amide bonds. The van der Waals surface area contributed by atoms with Crippen molar-refractivity contribution in [3.05, 3.63) is 0 Å². The Bertz CT molecular complexity index is 106. The molecule has 0 aliphatic heterocycles. The van der Waals surface area contributed by atoms with Crippen molar-refractivity contribution in [1.29, 1.82) is 0 Å². The second-order valence-corrected chi connectivity index (χ2v) is 2.25. The summed E-state index contributed by atoms with van der Waals surface area (Å²) >= 11 is 0. The average Bonchev–Trinajstić information content (AvgIpc) is 1.87. The van der Waals surface area contributed by atoms with Crippen LogP contribution in [0.4, 0.5) is 0 Å². The quantitative estimate of drug-likeness (QED) is 0.315. The van der Waals surface area contributed by atoms with Gasteiger partial charge in [-0.1, -0.05) is 0 Å². The van der Waals surface area contributed by atoms with E-state index in [-0.39, 0.29) is 6.23 Å². The Hall–Kier alpha value is -0.610. The minimum atomic E-state index is -0.201. The molecule has 1 atom stereocenters. The van der Waals surface area contributed by atoms with E-state index < -0.39 is 0 Å². The van der Waals surface area contributed by atoms with Crippen LogP contribution in [0.25, 0.3) is 0 Å². The van der Waals surface area contributed by atoms with Gasteiger partial charge in [0.15, 0.2) is 6.23 Å². The molecule has 0 aliphatic rings. The van der Waals surface area contributed by atoms with E-state index in [2.05, 4.69) is 4.74 Å². The number of hydrogen-bond donors (Lipinski definition) is 0. The maximum atomic E-state index is 9.87. The van der Waals surface area contributed by atoms with Crippen molar-refractivity contribution in [2.45, 2.75) is 13.2 Å². The Balaban J connectivity index is 3.68. The first-order valence-electron chi connectivity index (χ1n) is 3.08. The highest BCUT2D eigenvalue weighted by Crippen LogP contribution is 1.96. The number of hydrazine groups is 1. The molecule has 0 saturated heterocycles. The fourth-order valence-electron chi connectivity index (χ4n) is 0.494. The Morgan fingerprint density at radius 1 is 1.40 bits per heavy atom. The molecule has 0 spiro atoms. The van der Waals surface area contributed by atoms with Gasteiger partial charge >= 0.3 is 0 Å². The van der Waals surface area contributed by atoms with Crippen molar-refractivity contribution < 1.29 is 9.53 Å². The molecule has 0 saturated carbocycles. The molecule has 0 N–H and O–H groups in total. The third-order valence-corrected chi connectivity index (χ3v) is 1.41. The van der Waals surface area contributed by atoms with Crippen LogP contribution >= 0.6 is 0 Å². The van der Waals surface area contributed by atoms with E-state index >= 15 is 0 Å². The lowest BCUT2D eigenvalue weighted by atomic mass is 10.6. The zero-order valence-corrected chi connectivity index (χ0v) is 6.87. The molecule has 0 aromatic carbocycles. The zero-order chi connectivity index (χ0) is 8.15. The van der Waals surface area contributed by atoms with Crippen LogP contribution in [0.5, 0.6) is 0 Å². The zero-order valence-electron chi connectivity index (χ0n) is 6.87. The van der Waals surface area contributed by atoms with Crippen LogP contribution in [-0.2, 0) is 9.53 Å². The number of carbonyl (C=O) groups excluding carboxylic acids is 1. The largest absolute Gasteiger partial charge is 0.448 e. The molecule has 0 fully saturated rings. The molecule has 4 nitrogen and oxygen atoms in total. The second kappa shape index (κ2) is 4.24. The number of rotatable bonds is 4. The molecule has 0 radical (unpaired) electrons.